The maximum absolute atomic E-state index is 12.7. The molecule has 1 aliphatic carbocycles. The molecule has 6 rings (SSSR count). The molecule has 1 saturated carbocycles. The van der Waals surface area contributed by atoms with Gasteiger partial charge in [-0.15, -0.1) is 6.58 Å². The molecule has 0 bridgehead atoms. The highest BCUT2D eigenvalue weighted by atomic mass is 16.7. The fourth-order valence-corrected chi connectivity index (χ4v) is 6.75. The van der Waals surface area contributed by atoms with Gasteiger partial charge in [0.25, 0.3) is 5.91 Å². The standard InChI is InChI=1S/C40H44N2O4/c1-2-24-42(35-13-7-8-14-35)27-36-25-38(31-18-16-29(28-43)17-19-31)46-40(45-36)33-22-20-30(21-23-33)37-15-9-6-12-34(37)26-41-39(44)32-10-4-3-5-11-32/h2-6,9-12,15-23,35-36,38,40,43H,1,7-8,13-14,24-28H2,(H,41,44). The number of benzene rings is 4. The lowest BCUT2D eigenvalue weighted by atomic mass is 9.97. The van der Waals surface area contributed by atoms with Crippen LogP contribution in [0.25, 0.3) is 11.1 Å². The van der Waals surface area contributed by atoms with E-state index < -0.39 is 6.29 Å². The van der Waals surface area contributed by atoms with Crippen LogP contribution in [0.3, 0.4) is 0 Å². The van der Waals surface area contributed by atoms with Gasteiger partial charge in [-0.3, -0.25) is 9.69 Å². The predicted octanol–water partition coefficient (Wildman–Crippen LogP) is 7.75. The van der Waals surface area contributed by atoms with Gasteiger partial charge in [0.2, 0.25) is 0 Å². The van der Waals surface area contributed by atoms with Crippen LogP contribution in [0.4, 0.5) is 0 Å². The minimum absolute atomic E-state index is 0.00422. The summed E-state index contributed by atoms with van der Waals surface area (Å²) in [7, 11) is 0. The second kappa shape index (κ2) is 15.5. The van der Waals surface area contributed by atoms with Crippen LogP contribution in [0.5, 0.6) is 0 Å². The normalized spacial score (nSPS) is 20.1. The summed E-state index contributed by atoms with van der Waals surface area (Å²) < 4.78 is 13.3. The molecule has 2 fully saturated rings. The predicted molar refractivity (Wildman–Crippen MR) is 182 cm³/mol. The highest BCUT2D eigenvalue weighted by molar-refractivity contribution is 5.94. The van der Waals surface area contributed by atoms with E-state index in [4.69, 9.17) is 9.47 Å². The van der Waals surface area contributed by atoms with Crippen molar-refractivity contribution in [3.8, 4) is 11.1 Å². The van der Waals surface area contributed by atoms with E-state index in [9.17, 15) is 9.90 Å². The second-order valence-corrected chi connectivity index (χ2v) is 12.4. The number of aliphatic hydroxyl groups is 1. The van der Waals surface area contributed by atoms with Gasteiger partial charge in [-0.1, -0.05) is 110 Å². The van der Waals surface area contributed by atoms with E-state index in [1.54, 1.807) is 0 Å². The number of aliphatic hydroxyl groups excluding tert-OH is 1. The van der Waals surface area contributed by atoms with E-state index in [-0.39, 0.29) is 24.7 Å². The molecular weight excluding hydrogens is 572 g/mol. The summed E-state index contributed by atoms with van der Waals surface area (Å²) in [5.41, 5.74) is 6.78. The first kappa shape index (κ1) is 31.9. The van der Waals surface area contributed by atoms with Crippen molar-refractivity contribution in [3.63, 3.8) is 0 Å². The zero-order chi connectivity index (χ0) is 31.7. The minimum atomic E-state index is -0.509. The number of ether oxygens (including phenoxy) is 2. The van der Waals surface area contributed by atoms with Gasteiger partial charge in [-0.05, 0) is 52.8 Å². The second-order valence-electron chi connectivity index (χ2n) is 12.4. The topological polar surface area (TPSA) is 71.0 Å². The van der Waals surface area contributed by atoms with E-state index >= 15 is 0 Å². The van der Waals surface area contributed by atoms with Crippen molar-refractivity contribution < 1.29 is 19.4 Å². The lowest BCUT2D eigenvalue weighted by Gasteiger charge is -2.39. The van der Waals surface area contributed by atoms with Gasteiger partial charge < -0.3 is 19.9 Å². The Balaban J connectivity index is 1.20. The van der Waals surface area contributed by atoms with Crippen LogP contribution in [0.1, 0.15) is 77.1 Å². The van der Waals surface area contributed by atoms with Crippen molar-refractivity contribution in [2.45, 2.75) is 69.8 Å². The molecule has 2 N–H and O–H groups in total. The van der Waals surface area contributed by atoms with Crippen molar-refractivity contribution in [3.05, 3.63) is 144 Å². The Morgan fingerprint density at radius 1 is 0.870 bits per heavy atom. The van der Waals surface area contributed by atoms with Gasteiger partial charge in [0.1, 0.15) is 0 Å². The first-order chi connectivity index (χ1) is 22.6. The molecule has 1 saturated heterocycles. The summed E-state index contributed by atoms with van der Waals surface area (Å²) in [5.74, 6) is -0.0907. The monoisotopic (exact) mass is 616 g/mol. The molecule has 4 aromatic rings. The van der Waals surface area contributed by atoms with E-state index in [0.29, 0.717) is 18.2 Å². The highest BCUT2D eigenvalue weighted by Gasteiger charge is 2.34. The molecule has 0 spiro atoms. The third kappa shape index (κ3) is 7.83. The van der Waals surface area contributed by atoms with Crippen molar-refractivity contribution in [1.29, 1.82) is 0 Å². The Labute approximate surface area is 272 Å². The maximum atomic E-state index is 12.7. The zero-order valence-electron chi connectivity index (χ0n) is 26.4. The molecule has 3 unspecified atom stereocenters. The highest BCUT2D eigenvalue weighted by Crippen LogP contribution is 2.39. The van der Waals surface area contributed by atoms with E-state index in [1.165, 1.54) is 25.7 Å². The SMILES string of the molecule is C=CCN(CC1CC(c2ccc(CO)cc2)OC(c2ccc(-c3ccccc3CNC(=O)c3ccccc3)cc2)O1)C1CCCC1. The summed E-state index contributed by atoms with van der Waals surface area (Å²) in [4.78, 5) is 15.2. The first-order valence-electron chi connectivity index (χ1n) is 16.5. The van der Waals surface area contributed by atoms with Crippen LogP contribution in [0, 0.1) is 0 Å². The number of nitrogens with one attached hydrogen (secondary N) is 1. The Bertz CT molecular complexity index is 1570. The molecule has 4 aromatic carbocycles. The van der Waals surface area contributed by atoms with Gasteiger partial charge in [-0.2, -0.15) is 0 Å². The van der Waals surface area contributed by atoms with Crippen LogP contribution in [-0.2, 0) is 22.6 Å². The van der Waals surface area contributed by atoms with Crippen molar-refractivity contribution >= 4 is 5.91 Å². The number of carbonyl (C=O) groups excluding carboxylic acids is 1. The summed E-state index contributed by atoms with van der Waals surface area (Å²) in [5, 5.41) is 12.6. The molecule has 46 heavy (non-hydrogen) atoms. The van der Waals surface area contributed by atoms with Gasteiger partial charge in [0, 0.05) is 43.2 Å². The largest absolute Gasteiger partial charge is 0.392 e. The number of carbonyl (C=O) groups is 1. The molecule has 1 amide bonds. The Hall–Kier alpha value is -4.07. The first-order valence-corrected chi connectivity index (χ1v) is 16.5. The molecular formula is C40H44N2O4. The minimum Gasteiger partial charge on any atom is -0.392 e. The number of amides is 1. The number of hydrogen-bond acceptors (Lipinski definition) is 5. The number of nitrogens with zero attached hydrogens (tertiary/aromatic N) is 1. The van der Waals surface area contributed by atoms with Gasteiger partial charge in [-0.25, -0.2) is 0 Å². The summed E-state index contributed by atoms with van der Waals surface area (Å²) in [6, 6.07) is 34.5. The molecule has 6 heteroatoms. The van der Waals surface area contributed by atoms with E-state index in [0.717, 1.165) is 52.9 Å². The number of rotatable bonds is 12. The van der Waals surface area contributed by atoms with E-state index in [1.807, 2.05) is 60.7 Å². The molecule has 2 aliphatic rings. The Morgan fingerprint density at radius 2 is 1.57 bits per heavy atom. The van der Waals surface area contributed by atoms with Crippen LogP contribution in [-0.4, -0.2) is 41.1 Å². The Kier molecular flexibility index (Phi) is 10.7. The Morgan fingerprint density at radius 3 is 2.28 bits per heavy atom. The zero-order valence-corrected chi connectivity index (χ0v) is 26.4. The lowest BCUT2D eigenvalue weighted by molar-refractivity contribution is -0.253. The van der Waals surface area contributed by atoms with Crippen molar-refractivity contribution in [2.24, 2.45) is 0 Å². The van der Waals surface area contributed by atoms with Gasteiger partial charge in [0.15, 0.2) is 6.29 Å². The summed E-state index contributed by atoms with van der Waals surface area (Å²) in [6.45, 7) is 6.17. The summed E-state index contributed by atoms with van der Waals surface area (Å²) in [6.07, 6.45) is 7.14. The number of hydrogen-bond donors (Lipinski definition) is 2. The molecule has 0 radical (unpaired) electrons. The lowest BCUT2D eigenvalue weighted by Crippen LogP contribution is -2.43. The molecule has 6 nitrogen and oxygen atoms in total. The smallest absolute Gasteiger partial charge is 0.251 e. The van der Waals surface area contributed by atoms with Crippen LogP contribution >= 0.6 is 0 Å². The molecule has 238 valence electrons. The molecule has 1 heterocycles. The third-order valence-corrected chi connectivity index (χ3v) is 9.24. The maximum Gasteiger partial charge on any atom is 0.251 e. The quantitative estimate of drug-likeness (QED) is 0.159. The fourth-order valence-electron chi connectivity index (χ4n) is 6.75. The molecule has 3 atom stereocenters. The van der Waals surface area contributed by atoms with Gasteiger partial charge >= 0.3 is 0 Å². The summed E-state index contributed by atoms with van der Waals surface area (Å²) >= 11 is 0. The van der Waals surface area contributed by atoms with Crippen molar-refractivity contribution in [2.75, 3.05) is 13.1 Å². The van der Waals surface area contributed by atoms with Crippen LogP contribution < -0.4 is 5.32 Å². The molecule has 1 aliphatic heterocycles. The third-order valence-electron chi connectivity index (χ3n) is 9.24. The average Bonchev–Trinajstić information content (AvgIpc) is 3.66. The van der Waals surface area contributed by atoms with Crippen molar-refractivity contribution in [1.82, 2.24) is 10.2 Å². The van der Waals surface area contributed by atoms with Crippen LogP contribution in [0.15, 0.2) is 116 Å². The fraction of sp³-hybridized carbons (Fsp3) is 0.325. The average molecular weight is 617 g/mol. The van der Waals surface area contributed by atoms with E-state index in [2.05, 4.69) is 65.3 Å². The van der Waals surface area contributed by atoms with Crippen LogP contribution in [0.2, 0.25) is 0 Å². The molecule has 0 aromatic heterocycles. The van der Waals surface area contributed by atoms with Gasteiger partial charge in [0.05, 0.1) is 18.8 Å².